The first-order valence-corrected chi connectivity index (χ1v) is 9.32. The zero-order valence-corrected chi connectivity index (χ0v) is 16.7. The lowest BCUT2D eigenvalue weighted by molar-refractivity contribution is -0.385. The molecule has 0 spiro atoms. The molecular formula is C19H21BrN2O5. The van der Waals surface area contributed by atoms with Gasteiger partial charge in [-0.15, -0.1) is 0 Å². The van der Waals surface area contributed by atoms with E-state index in [1.165, 1.54) is 6.07 Å². The summed E-state index contributed by atoms with van der Waals surface area (Å²) >= 11 is 3.45. The summed E-state index contributed by atoms with van der Waals surface area (Å²) in [5.74, 6) is 0.930. The fourth-order valence-corrected chi connectivity index (χ4v) is 2.98. The Morgan fingerprint density at radius 2 is 1.74 bits per heavy atom. The minimum absolute atomic E-state index is 0.0151. The molecule has 0 fully saturated rings. The molecule has 0 aliphatic rings. The van der Waals surface area contributed by atoms with Crippen molar-refractivity contribution in [3.8, 4) is 11.5 Å². The number of amides is 1. The van der Waals surface area contributed by atoms with E-state index in [9.17, 15) is 14.9 Å². The predicted octanol–water partition coefficient (Wildman–Crippen LogP) is 4.01. The van der Waals surface area contributed by atoms with Crippen molar-refractivity contribution < 1.29 is 19.2 Å². The molecule has 0 aliphatic carbocycles. The highest BCUT2D eigenvalue weighted by Crippen LogP contribution is 2.34. The van der Waals surface area contributed by atoms with E-state index in [-0.39, 0.29) is 24.6 Å². The summed E-state index contributed by atoms with van der Waals surface area (Å²) in [7, 11) is 0. The molecule has 2 aromatic carbocycles. The molecule has 144 valence electrons. The van der Waals surface area contributed by atoms with Gasteiger partial charge >= 0.3 is 0 Å². The van der Waals surface area contributed by atoms with E-state index in [2.05, 4.69) is 21.2 Å². The quantitative estimate of drug-likeness (QED) is 0.473. The number of benzene rings is 2. The van der Waals surface area contributed by atoms with Gasteiger partial charge in [0, 0.05) is 22.6 Å². The van der Waals surface area contributed by atoms with Crippen molar-refractivity contribution in [3.63, 3.8) is 0 Å². The molecule has 2 aromatic rings. The molecule has 0 saturated heterocycles. The first-order valence-electron chi connectivity index (χ1n) is 8.53. The van der Waals surface area contributed by atoms with E-state index < -0.39 is 4.92 Å². The van der Waals surface area contributed by atoms with E-state index in [4.69, 9.17) is 9.47 Å². The Bertz CT molecular complexity index is 826. The third kappa shape index (κ3) is 5.68. The Hall–Kier alpha value is -2.61. The van der Waals surface area contributed by atoms with E-state index in [0.717, 1.165) is 10.0 Å². The summed E-state index contributed by atoms with van der Waals surface area (Å²) in [6.45, 7) is 4.82. The largest absolute Gasteiger partial charge is 0.490 e. The number of halogens is 1. The number of nitro benzene ring substituents is 1. The van der Waals surface area contributed by atoms with Crippen molar-refractivity contribution in [2.75, 3.05) is 13.2 Å². The molecular weight excluding hydrogens is 416 g/mol. The van der Waals surface area contributed by atoms with Crippen LogP contribution in [0, 0.1) is 10.1 Å². The predicted molar refractivity (Wildman–Crippen MR) is 105 cm³/mol. The standard InChI is InChI=1S/C19H21BrN2O5/c1-3-26-17-9-14(15(20)11-18(17)27-4-2)10-19(23)21-12-13-7-5-6-8-16(13)22(24)25/h5-9,11H,3-4,10,12H2,1-2H3,(H,21,23). The first-order chi connectivity index (χ1) is 13.0. The van der Waals surface area contributed by atoms with Gasteiger partial charge in [-0.3, -0.25) is 14.9 Å². The van der Waals surface area contributed by atoms with E-state index in [0.29, 0.717) is 30.3 Å². The lowest BCUT2D eigenvalue weighted by atomic mass is 10.1. The highest BCUT2D eigenvalue weighted by atomic mass is 79.9. The van der Waals surface area contributed by atoms with E-state index in [1.54, 1.807) is 30.3 Å². The molecule has 0 atom stereocenters. The minimum Gasteiger partial charge on any atom is -0.490 e. The Morgan fingerprint density at radius 1 is 1.11 bits per heavy atom. The average Bonchev–Trinajstić information content (AvgIpc) is 2.64. The molecule has 8 heteroatoms. The van der Waals surface area contributed by atoms with Crippen molar-refractivity contribution in [1.29, 1.82) is 0 Å². The summed E-state index contributed by atoms with van der Waals surface area (Å²) in [4.78, 5) is 22.9. The van der Waals surface area contributed by atoms with Crippen molar-refractivity contribution >= 4 is 27.5 Å². The third-order valence-electron chi connectivity index (χ3n) is 3.73. The van der Waals surface area contributed by atoms with Gasteiger partial charge in [-0.05, 0) is 31.5 Å². The van der Waals surface area contributed by atoms with Crippen LogP contribution in [0.2, 0.25) is 0 Å². The second-order valence-corrected chi connectivity index (χ2v) is 6.45. The second-order valence-electron chi connectivity index (χ2n) is 5.60. The molecule has 0 radical (unpaired) electrons. The van der Waals surface area contributed by atoms with Crippen LogP contribution < -0.4 is 14.8 Å². The number of hydrogen-bond acceptors (Lipinski definition) is 5. The molecule has 0 bridgehead atoms. The van der Waals surface area contributed by atoms with E-state index in [1.807, 2.05) is 13.8 Å². The lowest BCUT2D eigenvalue weighted by Crippen LogP contribution is -2.25. The zero-order chi connectivity index (χ0) is 19.8. The van der Waals surface area contributed by atoms with Crippen LogP contribution in [0.15, 0.2) is 40.9 Å². The maximum Gasteiger partial charge on any atom is 0.274 e. The molecule has 1 N–H and O–H groups in total. The maximum atomic E-state index is 12.3. The van der Waals surface area contributed by atoms with Crippen LogP contribution in [0.25, 0.3) is 0 Å². The number of carbonyl (C=O) groups is 1. The molecule has 0 saturated carbocycles. The summed E-state index contributed by atoms with van der Waals surface area (Å²) < 4.78 is 11.9. The average molecular weight is 437 g/mol. The topological polar surface area (TPSA) is 90.7 Å². The first kappa shape index (κ1) is 20.7. The van der Waals surface area contributed by atoms with Gasteiger partial charge in [0.2, 0.25) is 5.91 Å². The second kappa shape index (κ2) is 9.91. The van der Waals surface area contributed by atoms with Gasteiger partial charge in [0.1, 0.15) is 0 Å². The number of nitrogens with one attached hydrogen (secondary N) is 1. The van der Waals surface area contributed by atoms with Gasteiger partial charge in [-0.25, -0.2) is 0 Å². The number of rotatable bonds is 9. The smallest absolute Gasteiger partial charge is 0.274 e. The fraction of sp³-hybridized carbons (Fsp3) is 0.316. The van der Waals surface area contributed by atoms with Crippen LogP contribution in [-0.2, 0) is 17.8 Å². The van der Waals surface area contributed by atoms with Gasteiger partial charge in [-0.1, -0.05) is 34.1 Å². The molecule has 0 heterocycles. The minimum atomic E-state index is -0.459. The molecule has 7 nitrogen and oxygen atoms in total. The van der Waals surface area contributed by atoms with Crippen molar-refractivity contribution in [2.24, 2.45) is 0 Å². The fourth-order valence-electron chi connectivity index (χ4n) is 2.52. The molecule has 0 unspecified atom stereocenters. The molecule has 27 heavy (non-hydrogen) atoms. The van der Waals surface area contributed by atoms with Crippen molar-refractivity contribution in [2.45, 2.75) is 26.8 Å². The van der Waals surface area contributed by atoms with Crippen LogP contribution in [0.4, 0.5) is 5.69 Å². The van der Waals surface area contributed by atoms with Gasteiger partial charge < -0.3 is 14.8 Å². The normalized spacial score (nSPS) is 10.3. The molecule has 1 amide bonds. The Balaban J connectivity index is 2.09. The van der Waals surface area contributed by atoms with Crippen LogP contribution >= 0.6 is 15.9 Å². The summed E-state index contributed by atoms with van der Waals surface area (Å²) in [5, 5.41) is 13.8. The number of hydrogen-bond donors (Lipinski definition) is 1. The van der Waals surface area contributed by atoms with Crippen molar-refractivity contribution in [3.05, 3.63) is 62.1 Å². The molecule has 0 aromatic heterocycles. The van der Waals surface area contributed by atoms with Gasteiger partial charge in [0.25, 0.3) is 5.69 Å². The van der Waals surface area contributed by atoms with Crippen LogP contribution in [0.5, 0.6) is 11.5 Å². The number of ether oxygens (including phenoxy) is 2. The third-order valence-corrected chi connectivity index (χ3v) is 4.47. The summed E-state index contributed by atoms with van der Waals surface area (Å²) in [6, 6.07) is 9.88. The SMILES string of the molecule is CCOc1cc(Br)c(CC(=O)NCc2ccccc2[N+](=O)[O-])cc1OCC. The van der Waals surface area contributed by atoms with Crippen LogP contribution in [0.3, 0.4) is 0 Å². The highest BCUT2D eigenvalue weighted by molar-refractivity contribution is 9.10. The van der Waals surface area contributed by atoms with Gasteiger partial charge in [-0.2, -0.15) is 0 Å². The summed E-state index contributed by atoms with van der Waals surface area (Å²) in [6.07, 6.45) is 0.105. The highest BCUT2D eigenvalue weighted by Gasteiger charge is 2.16. The van der Waals surface area contributed by atoms with Crippen molar-refractivity contribution in [1.82, 2.24) is 5.32 Å². The summed E-state index contributed by atoms with van der Waals surface area (Å²) in [5.41, 5.74) is 1.18. The van der Waals surface area contributed by atoms with Crippen LogP contribution in [-0.4, -0.2) is 24.0 Å². The monoisotopic (exact) mass is 436 g/mol. The van der Waals surface area contributed by atoms with Gasteiger partial charge in [0.15, 0.2) is 11.5 Å². The lowest BCUT2D eigenvalue weighted by Gasteiger charge is -2.14. The molecule has 0 aliphatic heterocycles. The Kier molecular flexibility index (Phi) is 7.60. The Morgan fingerprint density at radius 3 is 2.37 bits per heavy atom. The van der Waals surface area contributed by atoms with Crippen LogP contribution in [0.1, 0.15) is 25.0 Å². The van der Waals surface area contributed by atoms with E-state index >= 15 is 0 Å². The number of para-hydroxylation sites is 1. The number of nitro groups is 1. The number of nitrogens with zero attached hydrogens (tertiary/aromatic N) is 1. The maximum absolute atomic E-state index is 12.3. The molecule has 2 rings (SSSR count). The van der Waals surface area contributed by atoms with Gasteiger partial charge in [0.05, 0.1) is 24.6 Å². The number of carbonyl (C=O) groups excluding carboxylic acids is 1. The zero-order valence-electron chi connectivity index (χ0n) is 15.2. The Labute approximate surface area is 166 Å².